The first-order chi connectivity index (χ1) is 9.61. The number of nitrogens with zero attached hydrogens (tertiary/aromatic N) is 2. The van der Waals surface area contributed by atoms with Crippen molar-refractivity contribution in [1.29, 1.82) is 0 Å². The van der Waals surface area contributed by atoms with E-state index in [4.69, 9.17) is 10.5 Å². The Bertz CT molecular complexity index is 457. The van der Waals surface area contributed by atoms with Gasteiger partial charge in [-0.3, -0.25) is 4.79 Å². The van der Waals surface area contributed by atoms with Crippen molar-refractivity contribution in [2.24, 2.45) is 0 Å². The van der Waals surface area contributed by atoms with E-state index in [1.807, 2.05) is 13.8 Å². The van der Waals surface area contributed by atoms with Crippen molar-refractivity contribution in [1.82, 2.24) is 10.3 Å². The lowest BCUT2D eigenvalue weighted by Crippen LogP contribution is -2.35. The van der Waals surface area contributed by atoms with E-state index in [9.17, 15) is 4.79 Å². The Hall–Kier alpha value is -1.34. The number of amides is 1. The number of nitrogens with two attached hydrogens (primary N) is 1. The molecule has 1 saturated heterocycles. The van der Waals surface area contributed by atoms with Gasteiger partial charge in [-0.05, 0) is 26.7 Å². The molecule has 1 fully saturated rings. The molecule has 1 aromatic rings. The SMILES string of the molecule is CCOCC(C)NC(=O)c1sc(N2CCCC2)nc1N. The van der Waals surface area contributed by atoms with Crippen LogP contribution >= 0.6 is 11.3 Å². The summed E-state index contributed by atoms with van der Waals surface area (Å²) in [6.07, 6.45) is 2.35. The largest absolute Gasteiger partial charge is 0.382 e. The maximum absolute atomic E-state index is 12.2. The highest BCUT2D eigenvalue weighted by Gasteiger charge is 2.22. The molecular formula is C13H22N4O2S. The molecular weight excluding hydrogens is 276 g/mol. The summed E-state index contributed by atoms with van der Waals surface area (Å²) < 4.78 is 5.28. The molecule has 0 bridgehead atoms. The lowest BCUT2D eigenvalue weighted by atomic mass is 10.3. The van der Waals surface area contributed by atoms with E-state index in [1.54, 1.807) is 0 Å². The van der Waals surface area contributed by atoms with Crippen molar-refractivity contribution >= 4 is 28.2 Å². The first kappa shape index (κ1) is 15.1. The monoisotopic (exact) mass is 298 g/mol. The van der Waals surface area contributed by atoms with E-state index in [0.717, 1.165) is 18.2 Å². The second kappa shape index (κ2) is 6.90. The normalized spacial score (nSPS) is 16.4. The maximum atomic E-state index is 12.2. The fourth-order valence-corrected chi connectivity index (χ4v) is 3.09. The van der Waals surface area contributed by atoms with Crippen LogP contribution in [-0.2, 0) is 4.74 Å². The summed E-state index contributed by atoms with van der Waals surface area (Å²) in [7, 11) is 0. The van der Waals surface area contributed by atoms with Gasteiger partial charge in [-0.2, -0.15) is 0 Å². The van der Waals surface area contributed by atoms with Gasteiger partial charge in [0.2, 0.25) is 0 Å². The van der Waals surface area contributed by atoms with Gasteiger partial charge in [0.05, 0.1) is 6.61 Å². The van der Waals surface area contributed by atoms with Crippen LogP contribution in [0.1, 0.15) is 36.4 Å². The van der Waals surface area contributed by atoms with Crippen LogP contribution in [0.25, 0.3) is 0 Å². The Kier molecular flexibility index (Phi) is 5.19. The lowest BCUT2D eigenvalue weighted by Gasteiger charge is -2.13. The maximum Gasteiger partial charge on any atom is 0.265 e. The third-order valence-corrected chi connectivity index (χ3v) is 4.31. The number of hydrogen-bond acceptors (Lipinski definition) is 6. The van der Waals surface area contributed by atoms with E-state index in [0.29, 0.717) is 23.9 Å². The summed E-state index contributed by atoms with van der Waals surface area (Å²) in [6.45, 7) is 6.97. The molecule has 1 aliphatic heterocycles. The minimum Gasteiger partial charge on any atom is -0.382 e. The number of aromatic nitrogens is 1. The predicted octanol–water partition coefficient (Wildman–Crippen LogP) is 1.48. The minimum absolute atomic E-state index is 0.0424. The summed E-state index contributed by atoms with van der Waals surface area (Å²) in [6, 6.07) is -0.0424. The Labute approximate surface area is 123 Å². The van der Waals surface area contributed by atoms with E-state index < -0.39 is 0 Å². The second-order valence-corrected chi connectivity index (χ2v) is 5.92. The number of carbonyl (C=O) groups excluding carboxylic acids is 1. The Balaban J connectivity index is 1.98. The van der Waals surface area contributed by atoms with Gasteiger partial charge in [-0.1, -0.05) is 11.3 Å². The molecule has 20 heavy (non-hydrogen) atoms. The summed E-state index contributed by atoms with van der Waals surface area (Å²) in [4.78, 5) is 19.2. The summed E-state index contributed by atoms with van der Waals surface area (Å²) >= 11 is 1.37. The van der Waals surface area contributed by atoms with E-state index in [-0.39, 0.29) is 11.9 Å². The van der Waals surface area contributed by atoms with Gasteiger partial charge < -0.3 is 20.7 Å². The van der Waals surface area contributed by atoms with Crippen LogP contribution in [-0.4, -0.2) is 43.2 Å². The highest BCUT2D eigenvalue weighted by Crippen LogP contribution is 2.30. The molecule has 1 unspecified atom stereocenters. The van der Waals surface area contributed by atoms with Crippen molar-refractivity contribution in [3.63, 3.8) is 0 Å². The fraction of sp³-hybridized carbons (Fsp3) is 0.692. The molecule has 2 heterocycles. The molecule has 0 aromatic carbocycles. The van der Waals surface area contributed by atoms with E-state index in [2.05, 4.69) is 15.2 Å². The van der Waals surface area contributed by atoms with Crippen LogP contribution in [0, 0.1) is 0 Å². The van der Waals surface area contributed by atoms with Gasteiger partial charge >= 0.3 is 0 Å². The molecule has 0 saturated carbocycles. The van der Waals surface area contributed by atoms with E-state index >= 15 is 0 Å². The van der Waals surface area contributed by atoms with E-state index in [1.165, 1.54) is 24.2 Å². The first-order valence-corrected chi connectivity index (χ1v) is 7.83. The molecule has 1 aliphatic rings. The molecule has 0 aliphatic carbocycles. The number of carbonyl (C=O) groups is 1. The zero-order valence-corrected chi connectivity index (χ0v) is 12.8. The van der Waals surface area contributed by atoms with Gasteiger partial charge in [-0.15, -0.1) is 0 Å². The second-order valence-electron chi connectivity index (χ2n) is 4.94. The highest BCUT2D eigenvalue weighted by molar-refractivity contribution is 7.18. The average molecular weight is 298 g/mol. The number of nitrogen functional groups attached to an aromatic ring is 1. The molecule has 2 rings (SSSR count). The van der Waals surface area contributed by atoms with Crippen LogP contribution in [0.5, 0.6) is 0 Å². The molecule has 0 radical (unpaired) electrons. The van der Waals surface area contributed by atoms with Crippen LogP contribution in [0.2, 0.25) is 0 Å². The fourth-order valence-electron chi connectivity index (χ4n) is 2.15. The van der Waals surface area contributed by atoms with Crippen molar-refractivity contribution in [3.8, 4) is 0 Å². The summed E-state index contributed by atoms with van der Waals surface area (Å²) in [5, 5.41) is 3.73. The smallest absolute Gasteiger partial charge is 0.265 e. The highest BCUT2D eigenvalue weighted by atomic mass is 32.1. The number of nitrogens with one attached hydrogen (secondary N) is 1. The van der Waals surface area contributed by atoms with Gasteiger partial charge in [-0.25, -0.2) is 4.98 Å². The zero-order chi connectivity index (χ0) is 14.5. The van der Waals surface area contributed by atoms with Crippen LogP contribution in [0.3, 0.4) is 0 Å². The van der Waals surface area contributed by atoms with Crippen molar-refractivity contribution in [3.05, 3.63) is 4.88 Å². The van der Waals surface area contributed by atoms with Gasteiger partial charge in [0.15, 0.2) is 5.13 Å². The molecule has 3 N–H and O–H groups in total. The van der Waals surface area contributed by atoms with Crippen molar-refractivity contribution < 1.29 is 9.53 Å². The third-order valence-electron chi connectivity index (χ3n) is 3.17. The predicted molar refractivity (Wildman–Crippen MR) is 81.4 cm³/mol. The minimum atomic E-state index is -0.169. The molecule has 6 nitrogen and oxygen atoms in total. The number of hydrogen-bond donors (Lipinski definition) is 2. The molecule has 112 valence electrons. The number of thiazole rings is 1. The van der Waals surface area contributed by atoms with Crippen molar-refractivity contribution in [2.75, 3.05) is 36.9 Å². The zero-order valence-electron chi connectivity index (χ0n) is 12.0. The molecule has 1 amide bonds. The van der Waals surface area contributed by atoms with Gasteiger partial charge in [0.25, 0.3) is 5.91 Å². The third kappa shape index (κ3) is 3.61. The Morgan fingerprint density at radius 3 is 2.90 bits per heavy atom. The Morgan fingerprint density at radius 2 is 2.25 bits per heavy atom. The first-order valence-electron chi connectivity index (χ1n) is 7.01. The standard InChI is InChI=1S/C13H22N4O2S/c1-3-19-8-9(2)15-12(18)10-11(14)16-13(20-10)17-6-4-5-7-17/h9H,3-8,14H2,1-2H3,(H,15,18). The molecule has 0 spiro atoms. The topological polar surface area (TPSA) is 80.5 Å². The average Bonchev–Trinajstić information content (AvgIpc) is 3.04. The van der Waals surface area contributed by atoms with Crippen LogP contribution < -0.4 is 16.0 Å². The number of anilines is 2. The molecule has 7 heteroatoms. The lowest BCUT2D eigenvalue weighted by molar-refractivity contribution is 0.0876. The van der Waals surface area contributed by atoms with Gasteiger partial charge in [0, 0.05) is 25.7 Å². The number of ether oxygens (including phenoxy) is 1. The summed E-state index contributed by atoms with van der Waals surface area (Å²) in [5.41, 5.74) is 5.87. The van der Waals surface area contributed by atoms with Crippen molar-refractivity contribution in [2.45, 2.75) is 32.7 Å². The molecule has 1 aromatic heterocycles. The Morgan fingerprint density at radius 1 is 1.55 bits per heavy atom. The quantitative estimate of drug-likeness (QED) is 0.831. The van der Waals surface area contributed by atoms with Gasteiger partial charge in [0.1, 0.15) is 10.7 Å². The molecule has 1 atom stereocenters. The van der Waals surface area contributed by atoms with Crippen LogP contribution in [0.15, 0.2) is 0 Å². The number of rotatable bonds is 6. The summed E-state index contributed by atoms with van der Waals surface area (Å²) in [5.74, 6) is 0.149. The van der Waals surface area contributed by atoms with Crippen LogP contribution in [0.4, 0.5) is 10.9 Å².